The molecule has 4 N–H and O–H groups in total. The summed E-state index contributed by atoms with van der Waals surface area (Å²) in [5.41, 5.74) is -2.75. The van der Waals surface area contributed by atoms with Crippen LogP contribution in [0.2, 0.25) is 0 Å². The molecule has 1 aliphatic heterocycles. The lowest BCUT2D eigenvalue weighted by molar-refractivity contribution is -0.339. The number of aromatic amines is 1. The number of ether oxygens (including phenoxy) is 1. The molecule has 0 saturated carbocycles. The van der Waals surface area contributed by atoms with Gasteiger partial charge in [-0.15, -0.1) is 0 Å². The first-order valence-electron chi connectivity index (χ1n) is 5.35. The average molecular weight is 258 g/mol. The number of aromatic nitrogens is 2. The van der Waals surface area contributed by atoms with Gasteiger partial charge in [0.2, 0.25) is 0 Å². The summed E-state index contributed by atoms with van der Waals surface area (Å²) >= 11 is 0. The maximum Gasteiger partial charge on any atom is 0.330 e. The number of aliphatic hydroxyl groups excluding tert-OH is 2. The molecule has 0 unspecified atom stereocenters. The molecular formula is C10H14N2O6. The minimum Gasteiger partial charge on any atom is -0.394 e. The number of nitrogens with one attached hydrogen (secondary N) is 1. The SMILES string of the molecule is Cc1cn([C@@H]2O[C@H](CO)[C@]2(O)CO)c(=O)[nH]c1=O. The summed E-state index contributed by atoms with van der Waals surface area (Å²) in [7, 11) is 0. The summed E-state index contributed by atoms with van der Waals surface area (Å²) in [6.07, 6.45) is -0.866. The number of hydrogen-bond acceptors (Lipinski definition) is 6. The molecule has 8 heteroatoms. The molecular weight excluding hydrogens is 244 g/mol. The van der Waals surface area contributed by atoms with Crippen molar-refractivity contribution in [3.63, 3.8) is 0 Å². The van der Waals surface area contributed by atoms with Gasteiger partial charge in [-0.25, -0.2) is 4.79 Å². The van der Waals surface area contributed by atoms with Crippen LogP contribution in [0.3, 0.4) is 0 Å². The second kappa shape index (κ2) is 4.32. The minimum atomic E-state index is -1.75. The van der Waals surface area contributed by atoms with Crippen molar-refractivity contribution in [3.8, 4) is 0 Å². The summed E-state index contributed by atoms with van der Waals surface area (Å²) in [6.45, 7) is 0.340. The molecule has 0 aliphatic carbocycles. The molecule has 1 aromatic rings. The molecule has 8 nitrogen and oxygen atoms in total. The zero-order valence-electron chi connectivity index (χ0n) is 9.66. The Hall–Kier alpha value is -1.48. The number of aliphatic hydroxyl groups is 3. The zero-order chi connectivity index (χ0) is 13.5. The topological polar surface area (TPSA) is 125 Å². The molecule has 0 aromatic carbocycles. The van der Waals surface area contributed by atoms with Crippen LogP contribution in [0, 0.1) is 6.92 Å². The van der Waals surface area contributed by atoms with Crippen LogP contribution < -0.4 is 11.2 Å². The fourth-order valence-corrected chi connectivity index (χ4v) is 1.93. The molecule has 3 atom stereocenters. The van der Waals surface area contributed by atoms with E-state index in [2.05, 4.69) is 4.98 Å². The van der Waals surface area contributed by atoms with Crippen LogP contribution in [-0.4, -0.2) is 49.8 Å². The van der Waals surface area contributed by atoms with Gasteiger partial charge in [0, 0.05) is 11.8 Å². The van der Waals surface area contributed by atoms with Gasteiger partial charge < -0.3 is 20.1 Å². The molecule has 0 spiro atoms. The van der Waals surface area contributed by atoms with E-state index in [-0.39, 0.29) is 5.56 Å². The summed E-state index contributed by atoms with van der Waals surface area (Å²) in [4.78, 5) is 24.9. The maximum absolute atomic E-state index is 11.6. The van der Waals surface area contributed by atoms with Gasteiger partial charge >= 0.3 is 5.69 Å². The third kappa shape index (κ3) is 1.70. The van der Waals surface area contributed by atoms with Gasteiger partial charge in [0.15, 0.2) is 11.8 Å². The first kappa shape index (κ1) is 13.0. The summed E-state index contributed by atoms with van der Waals surface area (Å²) in [5, 5.41) is 28.2. The molecule has 0 radical (unpaired) electrons. The maximum atomic E-state index is 11.6. The van der Waals surface area contributed by atoms with Crippen LogP contribution in [-0.2, 0) is 4.74 Å². The van der Waals surface area contributed by atoms with Gasteiger partial charge in [-0.05, 0) is 6.92 Å². The van der Waals surface area contributed by atoms with Gasteiger partial charge in [-0.3, -0.25) is 14.3 Å². The van der Waals surface area contributed by atoms with Gasteiger partial charge in [0.1, 0.15) is 6.10 Å². The lowest BCUT2D eigenvalue weighted by atomic mass is 9.89. The van der Waals surface area contributed by atoms with Crippen LogP contribution in [0.25, 0.3) is 0 Å². The first-order valence-corrected chi connectivity index (χ1v) is 5.35. The van der Waals surface area contributed by atoms with E-state index in [0.717, 1.165) is 4.57 Å². The Morgan fingerprint density at radius 3 is 2.72 bits per heavy atom. The van der Waals surface area contributed by atoms with Gasteiger partial charge in [-0.1, -0.05) is 0 Å². The predicted molar refractivity (Wildman–Crippen MR) is 59.1 cm³/mol. The van der Waals surface area contributed by atoms with Crippen molar-refractivity contribution in [2.75, 3.05) is 13.2 Å². The third-order valence-corrected chi connectivity index (χ3v) is 3.10. The van der Waals surface area contributed by atoms with Crippen molar-refractivity contribution in [1.82, 2.24) is 9.55 Å². The summed E-state index contributed by atoms with van der Waals surface area (Å²) in [5.74, 6) is 0. The summed E-state index contributed by atoms with van der Waals surface area (Å²) < 4.78 is 6.12. The lowest BCUT2D eigenvalue weighted by Crippen LogP contribution is -2.67. The molecule has 1 saturated heterocycles. The van der Waals surface area contributed by atoms with E-state index in [1.54, 1.807) is 0 Å². The Labute approximate surface area is 101 Å². The highest BCUT2D eigenvalue weighted by Gasteiger charge is 2.57. The standard InChI is InChI=1S/C10H14N2O6/c1-5-2-12(9(16)11-7(5)15)8-10(17,4-14)6(3-13)18-8/h2,6,8,13-14,17H,3-4H2,1H3,(H,11,15,16)/t6-,8-,10-/m1/s1. The monoisotopic (exact) mass is 258 g/mol. The zero-order valence-corrected chi connectivity index (χ0v) is 9.66. The smallest absolute Gasteiger partial charge is 0.330 e. The molecule has 1 fully saturated rings. The van der Waals surface area contributed by atoms with E-state index in [1.807, 2.05) is 0 Å². The lowest BCUT2D eigenvalue weighted by Gasteiger charge is -2.50. The quantitative estimate of drug-likeness (QED) is 0.473. The number of rotatable bonds is 3. The van der Waals surface area contributed by atoms with Crippen molar-refractivity contribution in [2.45, 2.75) is 24.9 Å². The van der Waals surface area contributed by atoms with Crippen molar-refractivity contribution < 1.29 is 20.1 Å². The van der Waals surface area contributed by atoms with Crippen LogP contribution in [0.5, 0.6) is 0 Å². The van der Waals surface area contributed by atoms with Crippen LogP contribution in [0.1, 0.15) is 11.8 Å². The van der Waals surface area contributed by atoms with Crippen molar-refractivity contribution in [1.29, 1.82) is 0 Å². The highest BCUT2D eigenvalue weighted by Crippen LogP contribution is 2.39. The number of aryl methyl sites for hydroxylation is 1. The van der Waals surface area contributed by atoms with E-state index in [9.17, 15) is 14.7 Å². The van der Waals surface area contributed by atoms with Crippen LogP contribution in [0.4, 0.5) is 0 Å². The average Bonchev–Trinajstić information content (AvgIpc) is 2.33. The fourth-order valence-electron chi connectivity index (χ4n) is 1.93. The molecule has 2 heterocycles. The second-order valence-corrected chi connectivity index (χ2v) is 4.29. The Morgan fingerprint density at radius 1 is 1.50 bits per heavy atom. The van der Waals surface area contributed by atoms with E-state index in [1.165, 1.54) is 13.1 Å². The normalized spacial score (nSPS) is 31.1. The first-order chi connectivity index (χ1) is 8.43. The third-order valence-electron chi connectivity index (χ3n) is 3.10. The van der Waals surface area contributed by atoms with E-state index in [4.69, 9.17) is 14.9 Å². The Kier molecular flexibility index (Phi) is 3.11. The van der Waals surface area contributed by atoms with Gasteiger partial charge in [0.05, 0.1) is 13.2 Å². The minimum absolute atomic E-state index is 0.269. The number of hydrogen-bond donors (Lipinski definition) is 4. The molecule has 18 heavy (non-hydrogen) atoms. The molecule has 1 aromatic heterocycles. The summed E-state index contributed by atoms with van der Waals surface area (Å²) in [6, 6.07) is 0. The Morgan fingerprint density at radius 2 is 2.17 bits per heavy atom. The Balaban J connectivity index is 2.43. The van der Waals surface area contributed by atoms with E-state index < -0.39 is 42.4 Å². The van der Waals surface area contributed by atoms with Crippen molar-refractivity contribution in [3.05, 3.63) is 32.6 Å². The fraction of sp³-hybridized carbons (Fsp3) is 0.600. The molecule has 2 rings (SSSR count). The molecule has 100 valence electrons. The number of H-pyrrole nitrogens is 1. The Bertz CT molecular complexity index is 564. The van der Waals surface area contributed by atoms with Crippen molar-refractivity contribution in [2.24, 2.45) is 0 Å². The van der Waals surface area contributed by atoms with E-state index in [0.29, 0.717) is 0 Å². The van der Waals surface area contributed by atoms with E-state index >= 15 is 0 Å². The predicted octanol–water partition coefficient (Wildman–Crippen LogP) is -2.54. The number of nitrogens with zero attached hydrogens (tertiary/aromatic N) is 1. The highest BCUT2D eigenvalue weighted by molar-refractivity contribution is 5.07. The highest BCUT2D eigenvalue weighted by atomic mass is 16.6. The molecule has 0 amide bonds. The molecule has 0 bridgehead atoms. The second-order valence-electron chi connectivity index (χ2n) is 4.29. The van der Waals surface area contributed by atoms with Crippen LogP contribution >= 0.6 is 0 Å². The largest absolute Gasteiger partial charge is 0.394 e. The van der Waals surface area contributed by atoms with Crippen LogP contribution in [0.15, 0.2) is 15.8 Å². The van der Waals surface area contributed by atoms with Gasteiger partial charge in [0.25, 0.3) is 5.56 Å². The molecule has 1 aliphatic rings. The van der Waals surface area contributed by atoms with Gasteiger partial charge in [-0.2, -0.15) is 0 Å². The van der Waals surface area contributed by atoms with Crippen molar-refractivity contribution >= 4 is 0 Å².